The second kappa shape index (κ2) is 7.43. The van der Waals surface area contributed by atoms with Crippen LogP contribution in [0, 0.1) is 12.8 Å². The van der Waals surface area contributed by atoms with Crippen LogP contribution >= 0.6 is 0 Å². The van der Waals surface area contributed by atoms with Crippen molar-refractivity contribution in [2.45, 2.75) is 26.3 Å². The van der Waals surface area contributed by atoms with Crippen LogP contribution < -0.4 is 5.73 Å². The van der Waals surface area contributed by atoms with E-state index in [-0.39, 0.29) is 5.84 Å². The number of likely N-dealkylation sites (tertiary alicyclic amines) is 1. The first kappa shape index (κ1) is 15.8. The van der Waals surface area contributed by atoms with E-state index in [1.807, 2.05) is 12.1 Å². The Labute approximate surface area is 126 Å². The summed E-state index contributed by atoms with van der Waals surface area (Å²) in [7, 11) is 1.77. The zero-order chi connectivity index (χ0) is 15.2. The van der Waals surface area contributed by atoms with Gasteiger partial charge in [0.25, 0.3) is 0 Å². The Bertz CT molecular complexity index is 500. The molecule has 5 nitrogen and oxygen atoms in total. The summed E-state index contributed by atoms with van der Waals surface area (Å²) >= 11 is 0. The van der Waals surface area contributed by atoms with Crippen LogP contribution in [0.15, 0.2) is 23.4 Å². The molecule has 0 amide bonds. The normalized spacial score (nSPS) is 20.7. The molecule has 0 aromatic heterocycles. The molecule has 1 aromatic rings. The number of aryl methyl sites for hydroxylation is 1. The third-order valence-electron chi connectivity index (χ3n) is 4.15. The number of rotatable bonds is 5. The van der Waals surface area contributed by atoms with Gasteiger partial charge < -0.3 is 15.7 Å². The first-order chi connectivity index (χ1) is 10.1. The topological polar surface area (TPSA) is 71.1 Å². The van der Waals surface area contributed by atoms with Gasteiger partial charge >= 0.3 is 0 Å². The molecule has 1 aliphatic rings. The molecule has 1 atom stereocenters. The summed E-state index contributed by atoms with van der Waals surface area (Å²) in [5.41, 5.74) is 8.85. The van der Waals surface area contributed by atoms with Gasteiger partial charge in [0, 0.05) is 25.8 Å². The number of oxime groups is 1. The molecular formula is C16H25N3O2. The fourth-order valence-corrected chi connectivity index (χ4v) is 3.00. The number of piperidine rings is 1. The van der Waals surface area contributed by atoms with Crippen molar-refractivity contribution < 1.29 is 9.94 Å². The Balaban J connectivity index is 2.02. The van der Waals surface area contributed by atoms with Gasteiger partial charge in [0.05, 0.1) is 6.61 Å². The van der Waals surface area contributed by atoms with E-state index in [4.69, 9.17) is 15.7 Å². The SMILES string of the molecule is COCC1CCCN(Cc2ccc(/C(N)=N/O)cc2C)C1. The summed E-state index contributed by atoms with van der Waals surface area (Å²) in [5, 5.41) is 11.8. The molecule has 0 aliphatic carbocycles. The monoisotopic (exact) mass is 291 g/mol. The lowest BCUT2D eigenvalue weighted by Gasteiger charge is -2.32. The summed E-state index contributed by atoms with van der Waals surface area (Å²) in [6, 6.07) is 5.96. The summed E-state index contributed by atoms with van der Waals surface area (Å²) in [5.74, 6) is 0.795. The van der Waals surface area contributed by atoms with Crippen LogP contribution in [0.4, 0.5) is 0 Å². The van der Waals surface area contributed by atoms with E-state index in [9.17, 15) is 0 Å². The Morgan fingerprint density at radius 2 is 2.33 bits per heavy atom. The van der Waals surface area contributed by atoms with Crippen LogP contribution in [-0.2, 0) is 11.3 Å². The number of methoxy groups -OCH3 is 1. The zero-order valence-corrected chi connectivity index (χ0v) is 12.9. The first-order valence-corrected chi connectivity index (χ1v) is 7.42. The summed E-state index contributed by atoms with van der Waals surface area (Å²) in [4.78, 5) is 2.48. The van der Waals surface area contributed by atoms with Crippen LogP contribution in [0.25, 0.3) is 0 Å². The Morgan fingerprint density at radius 3 is 3.00 bits per heavy atom. The van der Waals surface area contributed by atoms with E-state index in [0.717, 1.165) is 31.8 Å². The molecule has 0 spiro atoms. The van der Waals surface area contributed by atoms with Crippen LogP contribution in [0.1, 0.15) is 29.5 Å². The molecule has 5 heteroatoms. The van der Waals surface area contributed by atoms with E-state index in [1.54, 1.807) is 7.11 Å². The fourth-order valence-electron chi connectivity index (χ4n) is 3.00. The van der Waals surface area contributed by atoms with Gasteiger partial charge in [0.15, 0.2) is 5.84 Å². The van der Waals surface area contributed by atoms with Crippen LogP contribution in [-0.4, -0.2) is 42.7 Å². The molecule has 0 radical (unpaired) electrons. The molecule has 116 valence electrons. The average Bonchev–Trinajstić information content (AvgIpc) is 2.49. The third kappa shape index (κ3) is 4.19. The summed E-state index contributed by atoms with van der Waals surface area (Å²) in [6.07, 6.45) is 2.49. The summed E-state index contributed by atoms with van der Waals surface area (Å²) < 4.78 is 5.28. The minimum absolute atomic E-state index is 0.155. The smallest absolute Gasteiger partial charge is 0.170 e. The Morgan fingerprint density at radius 1 is 1.52 bits per heavy atom. The van der Waals surface area contributed by atoms with E-state index in [0.29, 0.717) is 5.92 Å². The largest absolute Gasteiger partial charge is 0.409 e. The van der Waals surface area contributed by atoms with E-state index in [2.05, 4.69) is 23.0 Å². The number of hydrogen-bond acceptors (Lipinski definition) is 4. The molecule has 1 unspecified atom stereocenters. The quantitative estimate of drug-likeness (QED) is 0.376. The van der Waals surface area contributed by atoms with Crippen molar-refractivity contribution in [3.63, 3.8) is 0 Å². The molecule has 1 heterocycles. The van der Waals surface area contributed by atoms with Gasteiger partial charge in [-0.2, -0.15) is 0 Å². The number of nitrogens with zero attached hydrogens (tertiary/aromatic N) is 2. The van der Waals surface area contributed by atoms with Crippen LogP contribution in [0.5, 0.6) is 0 Å². The van der Waals surface area contributed by atoms with E-state index < -0.39 is 0 Å². The highest BCUT2D eigenvalue weighted by atomic mass is 16.5. The maximum Gasteiger partial charge on any atom is 0.170 e. The highest BCUT2D eigenvalue weighted by molar-refractivity contribution is 5.97. The number of ether oxygens (including phenoxy) is 1. The highest BCUT2D eigenvalue weighted by Crippen LogP contribution is 2.20. The van der Waals surface area contributed by atoms with Gasteiger partial charge in [-0.25, -0.2) is 0 Å². The molecule has 1 saturated heterocycles. The van der Waals surface area contributed by atoms with Crippen molar-refractivity contribution in [3.05, 3.63) is 34.9 Å². The minimum atomic E-state index is 0.155. The van der Waals surface area contributed by atoms with Crippen LogP contribution in [0.3, 0.4) is 0 Å². The lowest BCUT2D eigenvalue weighted by molar-refractivity contribution is 0.0873. The molecule has 1 fully saturated rings. The van der Waals surface area contributed by atoms with Crippen LogP contribution in [0.2, 0.25) is 0 Å². The van der Waals surface area contributed by atoms with Gasteiger partial charge in [-0.1, -0.05) is 17.3 Å². The number of benzene rings is 1. The summed E-state index contributed by atoms with van der Waals surface area (Å²) in [6.45, 7) is 6.09. The van der Waals surface area contributed by atoms with Crippen molar-refractivity contribution in [1.82, 2.24) is 4.90 Å². The minimum Gasteiger partial charge on any atom is -0.409 e. The van der Waals surface area contributed by atoms with Crippen molar-refractivity contribution in [3.8, 4) is 0 Å². The van der Waals surface area contributed by atoms with Gasteiger partial charge in [-0.05, 0) is 49.4 Å². The van der Waals surface area contributed by atoms with Gasteiger partial charge in [0.1, 0.15) is 0 Å². The molecule has 3 N–H and O–H groups in total. The predicted octanol–water partition coefficient (Wildman–Crippen LogP) is 1.95. The molecular weight excluding hydrogens is 266 g/mol. The Hall–Kier alpha value is -1.59. The standard InChI is InChI=1S/C16H25N3O2/c1-12-8-14(16(17)18-20)5-6-15(12)10-19-7-3-4-13(9-19)11-21-2/h5-6,8,13,20H,3-4,7,9-11H2,1-2H3,(H2,17,18). The predicted molar refractivity (Wildman–Crippen MR) is 83.6 cm³/mol. The van der Waals surface area contributed by atoms with Crippen molar-refractivity contribution in [1.29, 1.82) is 0 Å². The molecule has 0 saturated carbocycles. The lowest BCUT2D eigenvalue weighted by atomic mass is 9.97. The second-order valence-electron chi connectivity index (χ2n) is 5.83. The molecule has 21 heavy (non-hydrogen) atoms. The average molecular weight is 291 g/mol. The van der Waals surface area contributed by atoms with Gasteiger partial charge in [0.2, 0.25) is 0 Å². The molecule has 0 bridgehead atoms. The number of amidine groups is 1. The number of hydrogen-bond donors (Lipinski definition) is 2. The molecule has 1 aromatic carbocycles. The molecule has 1 aliphatic heterocycles. The number of nitrogens with two attached hydrogens (primary N) is 1. The lowest BCUT2D eigenvalue weighted by Crippen LogP contribution is -2.36. The van der Waals surface area contributed by atoms with Gasteiger partial charge in [-0.3, -0.25) is 4.90 Å². The van der Waals surface area contributed by atoms with E-state index >= 15 is 0 Å². The Kier molecular flexibility index (Phi) is 5.59. The van der Waals surface area contributed by atoms with E-state index in [1.165, 1.54) is 24.0 Å². The first-order valence-electron chi connectivity index (χ1n) is 7.42. The molecule has 2 rings (SSSR count). The van der Waals surface area contributed by atoms with Crippen molar-refractivity contribution in [2.24, 2.45) is 16.8 Å². The van der Waals surface area contributed by atoms with Crippen molar-refractivity contribution >= 4 is 5.84 Å². The van der Waals surface area contributed by atoms with Crippen molar-refractivity contribution in [2.75, 3.05) is 26.8 Å². The maximum absolute atomic E-state index is 8.73. The zero-order valence-electron chi connectivity index (χ0n) is 12.9. The van der Waals surface area contributed by atoms with Gasteiger partial charge in [-0.15, -0.1) is 0 Å². The maximum atomic E-state index is 8.73. The highest BCUT2D eigenvalue weighted by Gasteiger charge is 2.20. The fraction of sp³-hybridized carbons (Fsp3) is 0.562. The second-order valence-corrected chi connectivity index (χ2v) is 5.83. The third-order valence-corrected chi connectivity index (χ3v) is 4.15.